The van der Waals surface area contributed by atoms with Gasteiger partial charge in [-0.05, 0) is 27.3 Å². The fourth-order valence-corrected chi connectivity index (χ4v) is 1.81. The second-order valence-electron chi connectivity index (χ2n) is 4.35. The highest BCUT2D eigenvalue weighted by atomic mass is 32.2. The molecule has 0 saturated carbocycles. The van der Waals surface area contributed by atoms with Gasteiger partial charge in [0.25, 0.3) is 0 Å². The fourth-order valence-electron chi connectivity index (χ4n) is 1.44. The largest absolute Gasteiger partial charge is 0.370 e. The molecule has 18 heavy (non-hydrogen) atoms. The molecular formula is C12H23N5S. The van der Waals surface area contributed by atoms with E-state index in [1.807, 2.05) is 12.3 Å². The van der Waals surface area contributed by atoms with Crippen molar-refractivity contribution in [2.24, 2.45) is 0 Å². The number of hydrogen-bond donors (Lipinski definition) is 1. The van der Waals surface area contributed by atoms with Crippen molar-refractivity contribution < 1.29 is 0 Å². The molecule has 0 aliphatic carbocycles. The van der Waals surface area contributed by atoms with Crippen molar-refractivity contribution in [3.05, 3.63) is 6.07 Å². The van der Waals surface area contributed by atoms with Gasteiger partial charge in [0, 0.05) is 32.7 Å². The predicted octanol–water partition coefficient (Wildman–Crippen LogP) is 1.63. The number of rotatable bonds is 7. The van der Waals surface area contributed by atoms with Crippen molar-refractivity contribution in [3.8, 4) is 0 Å². The van der Waals surface area contributed by atoms with E-state index in [1.165, 1.54) is 0 Å². The number of nitrogens with zero attached hydrogens (tertiary/aromatic N) is 4. The van der Waals surface area contributed by atoms with E-state index in [-0.39, 0.29) is 0 Å². The number of anilines is 2. The molecule has 0 spiro atoms. The van der Waals surface area contributed by atoms with Gasteiger partial charge in [0.1, 0.15) is 11.6 Å². The van der Waals surface area contributed by atoms with Crippen LogP contribution in [-0.2, 0) is 0 Å². The molecule has 1 aromatic heterocycles. The molecular weight excluding hydrogens is 246 g/mol. The third-order valence-corrected chi connectivity index (χ3v) is 3.05. The highest BCUT2D eigenvalue weighted by Gasteiger charge is 2.08. The summed E-state index contributed by atoms with van der Waals surface area (Å²) >= 11 is 1.57. The van der Waals surface area contributed by atoms with Gasteiger partial charge in [0.05, 0.1) is 0 Å². The summed E-state index contributed by atoms with van der Waals surface area (Å²) < 4.78 is 0. The van der Waals surface area contributed by atoms with E-state index < -0.39 is 0 Å². The molecule has 1 N–H and O–H groups in total. The standard InChI is InChI=1S/C12H23N5S/c1-6-13-10-9-11(15-12(14-10)18-5)17(4)8-7-16(2)3/h9H,6-8H2,1-5H3,(H,13,14,15). The number of likely N-dealkylation sites (N-methyl/N-ethyl adjacent to an activating group) is 2. The van der Waals surface area contributed by atoms with Crippen LogP contribution in [0.15, 0.2) is 11.2 Å². The Morgan fingerprint density at radius 3 is 2.50 bits per heavy atom. The lowest BCUT2D eigenvalue weighted by molar-refractivity contribution is 0.416. The van der Waals surface area contributed by atoms with Crippen LogP contribution in [0.3, 0.4) is 0 Å². The fraction of sp³-hybridized carbons (Fsp3) is 0.667. The predicted molar refractivity (Wildman–Crippen MR) is 79.8 cm³/mol. The van der Waals surface area contributed by atoms with E-state index in [0.717, 1.165) is 36.4 Å². The Labute approximate surface area is 114 Å². The molecule has 5 nitrogen and oxygen atoms in total. The van der Waals surface area contributed by atoms with E-state index >= 15 is 0 Å². The summed E-state index contributed by atoms with van der Waals surface area (Å²) in [4.78, 5) is 13.3. The summed E-state index contributed by atoms with van der Waals surface area (Å²) in [5, 5.41) is 4.05. The maximum Gasteiger partial charge on any atom is 0.191 e. The molecule has 1 rings (SSSR count). The van der Waals surface area contributed by atoms with Gasteiger partial charge >= 0.3 is 0 Å². The van der Waals surface area contributed by atoms with Crippen LogP contribution in [0.4, 0.5) is 11.6 Å². The first-order chi connectivity index (χ1) is 8.56. The van der Waals surface area contributed by atoms with Gasteiger partial charge in [0.15, 0.2) is 5.16 Å². The van der Waals surface area contributed by atoms with Gasteiger partial charge in [-0.15, -0.1) is 0 Å². The number of thioether (sulfide) groups is 1. The van der Waals surface area contributed by atoms with Crippen LogP contribution >= 0.6 is 11.8 Å². The van der Waals surface area contributed by atoms with Crippen molar-refractivity contribution in [3.63, 3.8) is 0 Å². The molecule has 0 aliphatic heterocycles. The van der Waals surface area contributed by atoms with Gasteiger partial charge in [-0.3, -0.25) is 0 Å². The van der Waals surface area contributed by atoms with Gasteiger partial charge in [-0.1, -0.05) is 11.8 Å². The van der Waals surface area contributed by atoms with E-state index in [4.69, 9.17) is 0 Å². The van der Waals surface area contributed by atoms with E-state index in [1.54, 1.807) is 11.8 Å². The van der Waals surface area contributed by atoms with Crippen molar-refractivity contribution in [1.82, 2.24) is 14.9 Å². The van der Waals surface area contributed by atoms with Gasteiger partial charge in [0.2, 0.25) is 0 Å². The molecule has 0 saturated heterocycles. The third-order valence-electron chi connectivity index (χ3n) is 2.51. The topological polar surface area (TPSA) is 44.3 Å². The minimum absolute atomic E-state index is 0.806. The first kappa shape index (κ1) is 15.0. The average molecular weight is 269 g/mol. The molecule has 0 bridgehead atoms. The lowest BCUT2D eigenvalue weighted by Gasteiger charge is -2.21. The Kier molecular flexibility index (Phi) is 6.21. The minimum Gasteiger partial charge on any atom is -0.370 e. The van der Waals surface area contributed by atoms with E-state index in [0.29, 0.717) is 0 Å². The number of nitrogens with one attached hydrogen (secondary N) is 1. The van der Waals surface area contributed by atoms with Crippen LogP contribution in [0.1, 0.15) is 6.92 Å². The summed E-state index contributed by atoms with van der Waals surface area (Å²) in [5.74, 6) is 1.86. The molecule has 0 unspecified atom stereocenters. The lowest BCUT2D eigenvalue weighted by atomic mass is 10.4. The molecule has 0 amide bonds. The van der Waals surface area contributed by atoms with Crippen molar-refractivity contribution in [2.45, 2.75) is 12.1 Å². The van der Waals surface area contributed by atoms with Crippen LogP contribution in [0, 0.1) is 0 Å². The zero-order chi connectivity index (χ0) is 13.5. The molecule has 0 atom stereocenters. The van der Waals surface area contributed by atoms with Crippen LogP contribution < -0.4 is 10.2 Å². The van der Waals surface area contributed by atoms with Crippen LogP contribution in [0.2, 0.25) is 0 Å². The average Bonchev–Trinajstić information content (AvgIpc) is 2.35. The van der Waals surface area contributed by atoms with Gasteiger partial charge in [-0.2, -0.15) is 0 Å². The Bertz CT molecular complexity index is 369. The zero-order valence-electron chi connectivity index (χ0n) is 11.9. The molecule has 0 fully saturated rings. The summed E-state index contributed by atoms with van der Waals surface area (Å²) in [6.45, 7) is 4.89. The monoisotopic (exact) mass is 269 g/mol. The SMILES string of the molecule is CCNc1cc(N(C)CCN(C)C)nc(SC)n1. The molecule has 0 aromatic carbocycles. The van der Waals surface area contributed by atoms with Gasteiger partial charge in [-0.25, -0.2) is 9.97 Å². The highest BCUT2D eigenvalue weighted by Crippen LogP contribution is 2.19. The van der Waals surface area contributed by atoms with Gasteiger partial charge < -0.3 is 15.1 Å². The Morgan fingerprint density at radius 2 is 1.94 bits per heavy atom. The van der Waals surface area contributed by atoms with E-state index in [9.17, 15) is 0 Å². The Hall–Kier alpha value is -1.01. The molecule has 0 aliphatic rings. The molecule has 6 heteroatoms. The van der Waals surface area contributed by atoms with Crippen LogP contribution in [-0.4, -0.2) is 61.9 Å². The molecule has 102 valence electrons. The number of hydrogen-bond acceptors (Lipinski definition) is 6. The second-order valence-corrected chi connectivity index (χ2v) is 5.13. The first-order valence-electron chi connectivity index (χ1n) is 6.09. The smallest absolute Gasteiger partial charge is 0.191 e. The Balaban J connectivity index is 2.82. The minimum atomic E-state index is 0.806. The maximum absolute atomic E-state index is 4.53. The summed E-state index contributed by atoms with van der Waals surface area (Å²) in [7, 11) is 6.21. The highest BCUT2D eigenvalue weighted by molar-refractivity contribution is 7.98. The van der Waals surface area contributed by atoms with Crippen LogP contribution in [0.5, 0.6) is 0 Å². The summed E-state index contributed by atoms with van der Waals surface area (Å²) in [6.07, 6.45) is 1.99. The summed E-state index contributed by atoms with van der Waals surface area (Å²) in [6, 6.07) is 2.00. The molecule has 1 aromatic rings. The maximum atomic E-state index is 4.53. The van der Waals surface area contributed by atoms with Crippen LogP contribution in [0.25, 0.3) is 0 Å². The van der Waals surface area contributed by atoms with Crippen molar-refractivity contribution in [2.75, 3.05) is 57.2 Å². The number of aromatic nitrogens is 2. The normalized spacial score (nSPS) is 10.8. The van der Waals surface area contributed by atoms with Crippen molar-refractivity contribution in [1.29, 1.82) is 0 Å². The quantitative estimate of drug-likeness (QED) is 0.599. The zero-order valence-corrected chi connectivity index (χ0v) is 12.7. The molecule has 0 radical (unpaired) electrons. The third kappa shape index (κ3) is 4.70. The Morgan fingerprint density at radius 1 is 1.22 bits per heavy atom. The first-order valence-corrected chi connectivity index (χ1v) is 7.32. The second kappa shape index (κ2) is 7.43. The molecule has 1 heterocycles. The van der Waals surface area contributed by atoms with Crippen molar-refractivity contribution >= 4 is 23.4 Å². The summed E-state index contributed by atoms with van der Waals surface area (Å²) in [5.41, 5.74) is 0. The lowest BCUT2D eigenvalue weighted by Crippen LogP contribution is -2.29. The van der Waals surface area contributed by atoms with E-state index in [2.05, 4.69) is 53.2 Å².